The average Bonchev–Trinajstić information content (AvgIpc) is 2.79. The smallest absolute Gasteiger partial charge is 0.0505 e. The molecule has 0 nitrogen and oxygen atoms in total. The van der Waals surface area contributed by atoms with E-state index in [2.05, 4.69) is 54.6 Å². The Morgan fingerprint density at radius 1 is 0.833 bits per heavy atom. The van der Waals surface area contributed by atoms with Crippen LogP contribution < -0.4 is 0 Å². The van der Waals surface area contributed by atoms with Crippen LogP contribution in [-0.2, 0) is 0 Å². The number of fused-ring (bicyclic) bond motifs is 5. The second-order valence-corrected chi connectivity index (χ2v) is 5.84. The molecule has 2 heteroatoms. The first-order valence-corrected chi connectivity index (χ1v) is 7.02. The third-order valence-electron chi connectivity index (χ3n) is 3.32. The maximum Gasteiger partial charge on any atom is 0.0505 e. The molecule has 0 aliphatic rings. The normalized spacial score (nSPS) is 11.6. The molecular weight excluding hydrogens is 260 g/mol. The molecule has 0 aliphatic carbocycles. The van der Waals surface area contributed by atoms with E-state index in [1.807, 2.05) is 11.3 Å². The van der Waals surface area contributed by atoms with Crippen LogP contribution in [0.25, 0.3) is 30.9 Å². The standard InChI is InChI=1S/C16H9ClS/c17-13-9-10-5-1-2-6-11(10)16-15(13)12-7-3-4-8-14(12)18-16/h1-9H. The first kappa shape index (κ1) is 10.4. The molecule has 0 saturated carbocycles. The van der Waals surface area contributed by atoms with Crippen LogP contribution in [0.15, 0.2) is 54.6 Å². The monoisotopic (exact) mass is 268 g/mol. The van der Waals surface area contributed by atoms with E-state index in [9.17, 15) is 0 Å². The van der Waals surface area contributed by atoms with E-state index in [0.29, 0.717) is 0 Å². The SMILES string of the molecule is Clc1cc2ccccc2c2sc3ccccc3c12. The van der Waals surface area contributed by atoms with Gasteiger partial charge in [0.05, 0.1) is 5.02 Å². The van der Waals surface area contributed by atoms with Crippen LogP contribution in [-0.4, -0.2) is 0 Å². The van der Waals surface area contributed by atoms with Crippen molar-refractivity contribution >= 4 is 53.9 Å². The third-order valence-corrected chi connectivity index (χ3v) is 4.82. The fourth-order valence-corrected chi connectivity index (χ4v) is 4.14. The third kappa shape index (κ3) is 1.32. The molecule has 0 fully saturated rings. The average molecular weight is 269 g/mol. The van der Waals surface area contributed by atoms with Gasteiger partial charge in [0.15, 0.2) is 0 Å². The molecule has 0 atom stereocenters. The van der Waals surface area contributed by atoms with E-state index >= 15 is 0 Å². The highest BCUT2D eigenvalue weighted by Gasteiger charge is 2.11. The highest BCUT2D eigenvalue weighted by molar-refractivity contribution is 7.26. The van der Waals surface area contributed by atoms with E-state index in [1.54, 1.807) is 0 Å². The molecule has 0 radical (unpaired) electrons. The molecule has 0 aliphatic heterocycles. The van der Waals surface area contributed by atoms with Gasteiger partial charge >= 0.3 is 0 Å². The molecular formula is C16H9ClS. The summed E-state index contributed by atoms with van der Waals surface area (Å²) in [6.45, 7) is 0. The zero-order chi connectivity index (χ0) is 12.1. The van der Waals surface area contributed by atoms with E-state index in [1.165, 1.54) is 30.9 Å². The summed E-state index contributed by atoms with van der Waals surface area (Å²) in [6, 6.07) is 18.9. The van der Waals surface area contributed by atoms with E-state index < -0.39 is 0 Å². The van der Waals surface area contributed by atoms with Crippen molar-refractivity contribution in [3.05, 3.63) is 59.6 Å². The summed E-state index contributed by atoms with van der Waals surface area (Å²) in [4.78, 5) is 0. The highest BCUT2D eigenvalue weighted by Crippen LogP contribution is 2.42. The fraction of sp³-hybridized carbons (Fsp3) is 0. The summed E-state index contributed by atoms with van der Waals surface area (Å²) in [5.41, 5.74) is 0. The second-order valence-electron chi connectivity index (χ2n) is 4.38. The number of rotatable bonds is 0. The van der Waals surface area contributed by atoms with Crippen LogP contribution in [0.3, 0.4) is 0 Å². The van der Waals surface area contributed by atoms with Gasteiger partial charge in [0.1, 0.15) is 0 Å². The largest absolute Gasteiger partial charge is 0.134 e. The molecule has 0 unspecified atom stereocenters. The van der Waals surface area contributed by atoms with Gasteiger partial charge < -0.3 is 0 Å². The number of hydrogen-bond donors (Lipinski definition) is 0. The van der Waals surface area contributed by atoms with Crippen LogP contribution in [0.2, 0.25) is 5.02 Å². The quantitative estimate of drug-likeness (QED) is 0.375. The Labute approximate surface area is 113 Å². The van der Waals surface area contributed by atoms with E-state index in [4.69, 9.17) is 11.6 Å². The zero-order valence-electron chi connectivity index (χ0n) is 9.48. The summed E-state index contributed by atoms with van der Waals surface area (Å²) >= 11 is 8.28. The molecule has 0 bridgehead atoms. The Kier molecular flexibility index (Phi) is 2.14. The lowest BCUT2D eigenvalue weighted by Gasteiger charge is -2.01. The number of thiophene rings is 1. The van der Waals surface area contributed by atoms with Crippen molar-refractivity contribution in [2.45, 2.75) is 0 Å². The Bertz CT molecular complexity index is 889. The van der Waals surface area contributed by atoms with Crippen LogP contribution in [0, 0.1) is 0 Å². The molecule has 0 spiro atoms. The van der Waals surface area contributed by atoms with Crippen LogP contribution >= 0.6 is 22.9 Å². The summed E-state index contributed by atoms with van der Waals surface area (Å²) in [7, 11) is 0. The van der Waals surface area contributed by atoms with Gasteiger partial charge in [-0.05, 0) is 22.9 Å². The van der Waals surface area contributed by atoms with Gasteiger partial charge in [0.25, 0.3) is 0 Å². The van der Waals surface area contributed by atoms with Gasteiger partial charge in [0, 0.05) is 20.2 Å². The van der Waals surface area contributed by atoms with Crippen molar-refractivity contribution in [1.29, 1.82) is 0 Å². The number of hydrogen-bond acceptors (Lipinski definition) is 1. The molecule has 0 amide bonds. The first-order valence-electron chi connectivity index (χ1n) is 5.83. The molecule has 4 aromatic rings. The molecule has 18 heavy (non-hydrogen) atoms. The van der Waals surface area contributed by atoms with Crippen molar-refractivity contribution in [2.75, 3.05) is 0 Å². The molecule has 1 aromatic heterocycles. The van der Waals surface area contributed by atoms with Crippen molar-refractivity contribution in [3.8, 4) is 0 Å². The number of benzene rings is 3. The van der Waals surface area contributed by atoms with E-state index in [0.717, 1.165) is 5.02 Å². The maximum absolute atomic E-state index is 6.46. The summed E-state index contributed by atoms with van der Waals surface area (Å²) in [5, 5.41) is 5.80. The number of halogens is 1. The second kappa shape index (κ2) is 3.71. The van der Waals surface area contributed by atoms with E-state index in [-0.39, 0.29) is 0 Å². The molecule has 4 rings (SSSR count). The van der Waals surface area contributed by atoms with Gasteiger partial charge in [-0.2, -0.15) is 0 Å². The fourth-order valence-electron chi connectivity index (χ4n) is 2.51. The predicted molar refractivity (Wildman–Crippen MR) is 81.8 cm³/mol. The molecule has 86 valence electrons. The van der Waals surface area contributed by atoms with Gasteiger partial charge in [-0.15, -0.1) is 11.3 Å². The Morgan fingerprint density at radius 3 is 2.44 bits per heavy atom. The van der Waals surface area contributed by atoms with Gasteiger partial charge in [-0.3, -0.25) is 0 Å². The minimum absolute atomic E-state index is 0.848. The lowest BCUT2D eigenvalue weighted by atomic mass is 10.1. The Hall–Kier alpha value is -1.57. The summed E-state index contributed by atoms with van der Waals surface area (Å²) in [5.74, 6) is 0. The lowest BCUT2D eigenvalue weighted by molar-refractivity contribution is 1.81. The molecule has 3 aromatic carbocycles. The first-order chi connectivity index (χ1) is 8.84. The van der Waals surface area contributed by atoms with Crippen LogP contribution in [0.4, 0.5) is 0 Å². The van der Waals surface area contributed by atoms with Crippen molar-refractivity contribution in [3.63, 3.8) is 0 Å². The lowest BCUT2D eigenvalue weighted by Crippen LogP contribution is -1.74. The van der Waals surface area contributed by atoms with Crippen molar-refractivity contribution in [2.24, 2.45) is 0 Å². The Morgan fingerprint density at radius 2 is 1.56 bits per heavy atom. The van der Waals surface area contributed by atoms with Crippen molar-refractivity contribution < 1.29 is 0 Å². The summed E-state index contributed by atoms with van der Waals surface area (Å²) in [6.07, 6.45) is 0. The predicted octanol–water partition coefficient (Wildman–Crippen LogP) is 5.86. The Balaban J connectivity index is 2.38. The summed E-state index contributed by atoms with van der Waals surface area (Å²) < 4.78 is 2.59. The molecule has 0 saturated heterocycles. The van der Waals surface area contributed by atoms with Gasteiger partial charge in [-0.1, -0.05) is 54.1 Å². The van der Waals surface area contributed by atoms with Crippen LogP contribution in [0.1, 0.15) is 0 Å². The van der Waals surface area contributed by atoms with Gasteiger partial charge in [-0.25, -0.2) is 0 Å². The molecule has 0 N–H and O–H groups in total. The zero-order valence-corrected chi connectivity index (χ0v) is 11.1. The maximum atomic E-state index is 6.46. The van der Waals surface area contributed by atoms with Gasteiger partial charge in [0.2, 0.25) is 0 Å². The minimum Gasteiger partial charge on any atom is -0.134 e. The minimum atomic E-state index is 0.848. The topological polar surface area (TPSA) is 0 Å². The highest BCUT2D eigenvalue weighted by atomic mass is 35.5. The van der Waals surface area contributed by atoms with Crippen molar-refractivity contribution in [1.82, 2.24) is 0 Å². The molecule has 1 heterocycles. The van der Waals surface area contributed by atoms with Crippen LogP contribution in [0.5, 0.6) is 0 Å².